The van der Waals surface area contributed by atoms with Gasteiger partial charge in [0.1, 0.15) is 5.82 Å². The number of H-pyrrole nitrogens is 1. The highest BCUT2D eigenvalue weighted by atomic mass is 35.5. The molecule has 1 N–H and O–H groups in total. The van der Waals surface area contributed by atoms with Gasteiger partial charge >= 0.3 is 5.69 Å². The van der Waals surface area contributed by atoms with Gasteiger partial charge < -0.3 is 9.80 Å². The summed E-state index contributed by atoms with van der Waals surface area (Å²) in [7, 11) is 0. The first-order chi connectivity index (χ1) is 16.5. The fourth-order valence-electron chi connectivity index (χ4n) is 4.27. The van der Waals surface area contributed by atoms with Gasteiger partial charge in [0.2, 0.25) is 0 Å². The smallest absolute Gasteiger partial charge is 0.329 e. The van der Waals surface area contributed by atoms with Crippen molar-refractivity contribution in [2.24, 2.45) is 0 Å². The number of carbonyl (C=O) groups is 1. The summed E-state index contributed by atoms with van der Waals surface area (Å²) in [4.78, 5) is 48.7. The number of halogens is 1. The van der Waals surface area contributed by atoms with E-state index in [9.17, 15) is 14.4 Å². The summed E-state index contributed by atoms with van der Waals surface area (Å²) in [6.07, 6.45) is 1.77. The van der Waals surface area contributed by atoms with Crippen LogP contribution in [0.1, 0.15) is 15.9 Å². The molecule has 3 heterocycles. The Hall–Kier alpha value is -3.91. The van der Waals surface area contributed by atoms with Gasteiger partial charge in [-0.25, -0.2) is 9.78 Å². The van der Waals surface area contributed by atoms with E-state index in [2.05, 4.69) is 14.9 Å². The second kappa shape index (κ2) is 9.15. The maximum Gasteiger partial charge on any atom is 0.329 e. The van der Waals surface area contributed by atoms with E-state index >= 15 is 0 Å². The van der Waals surface area contributed by atoms with Gasteiger partial charge in [-0.1, -0.05) is 29.8 Å². The number of piperazine rings is 1. The third-order valence-electron chi connectivity index (χ3n) is 6.01. The van der Waals surface area contributed by atoms with E-state index in [4.69, 9.17) is 11.6 Å². The van der Waals surface area contributed by atoms with Crippen molar-refractivity contribution in [1.82, 2.24) is 19.4 Å². The summed E-state index contributed by atoms with van der Waals surface area (Å²) in [5.74, 6) is 0.865. The SMILES string of the molecule is O=C(c1cccc(Cn2c(=O)[nH]c(=O)c3cc(Cl)ccc32)c1)N1CCN(c2ccccn2)CC1. The number of fused-ring (bicyclic) bond motifs is 1. The highest BCUT2D eigenvalue weighted by Crippen LogP contribution is 2.18. The predicted molar refractivity (Wildman–Crippen MR) is 132 cm³/mol. The first kappa shape index (κ1) is 21.9. The lowest BCUT2D eigenvalue weighted by Gasteiger charge is -2.35. The number of nitrogens with zero attached hydrogens (tertiary/aromatic N) is 4. The Kier molecular flexibility index (Phi) is 5.90. The standard InChI is InChI=1S/C25H22ClN5O3/c26-19-7-8-21-20(15-19)23(32)28-25(34)31(21)16-17-4-3-5-18(14-17)24(33)30-12-10-29(11-13-30)22-6-1-2-9-27-22/h1-9,14-15H,10-13,16H2,(H,28,32,34). The topological polar surface area (TPSA) is 91.3 Å². The molecule has 0 bridgehead atoms. The molecule has 5 rings (SSSR count). The maximum atomic E-state index is 13.2. The third-order valence-corrected chi connectivity index (χ3v) is 6.25. The van der Waals surface area contributed by atoms with Crippen LogP contribution in [0.5, 0.6) is 0 Å². The zero-order valence-electron chi connectivity index (χ0n) is 18.3. The molecule has 0 unspecified atom stereocenters. The fourth-order valence-corrected chi connectivity index (χ4v) is 4.44. The molecule has 172 valence electrons. The first-order valence-electron chi connectivity index (χ1n) is 11.0. The molecule has 1 fully saturated rings. The molecule has 4 aromatic rings. The molecule has 8 nitrogen and oxygen atoms in total. The van der Waals surface area contributed by atoms with Crippen LogP contribution >= 0.6 is 11.6 Å². The number of hydrogen-bond donors (Lipinski definition) is 1. The number of anilines is 1. The Morgan fingerprint density at radius 3 is 2.56 bits per heavy atom. The number of hydrogen-bond acceptors (Lipinski definition) is 5. The van der Waals surface area contributed by atoms with Gasteiger partial charge in [0.05, 0.1) is 17.4 Å². The Morgan fingerprint density at radius 1 is 0.971 bits per heavy atom. The molecule has 2 aromatic carbocycles. The molecule has 1 aliphatic rings. The van der Waals surface area contributed by atoms with Gasteiger partial charge in [0.25, 0.3) is 11.5 Å². The second-order valence-electron chi connectivity index (χ2n) is 8.17. The summed E-state index contributed by atoms with van der Waals surface area (Å²) in [6, 6.07) is 17.9. The number of rotatable bonds is 4. The van der Waals surface area contributed by atoms with Crippen LogP contribution in [0.2, 0.25) is 5.02 Å². The average Bonchev–Trinajstić information content (AvgIpc) is 2.87. The average molecular weight is 476 g/mol. The van der Waals surface area contributed by atoms with Crippen molar-refractivity contribution >= 4 is 34.2 Å². The monoisotopic (exact) mass is 475 g/mol. The zero-order valence-corrected chi connectivity index (χ0v) is 19.0. The van der Waals surface area contributed by atoms with E-state index in [0.717, 1.165) is 11.4 Å². The van der Waals surface area contributed by atoms with E-state index in [0.29, 0.717) is 47.7 Å². The Balaban J connectivity index is 1.35. The van der Waals surface area contributed by atoms with Crippen LogP contribution in [0.4, 0.5) is 5.82 Å². The van der Waals surface area contributed by atoms with Crippen LogP contribution in [-0.4, -0.2) is 51.5 Å². The second-order valence-corrected chi connectivity index (χ2v) is 8.61. The van der Waals surface area contributed by atoms with Gasteiger partial charge in [0.15, 0.2) is 0 Å². The van der Waals surface area contributed by atoms with Crippen LogP contribution in [0.3, 0.4) is 0 Å². The normalized spacial score (nSPS) is 13.9. The van der Waals surface area contributed by atoms with Gasteiger partial charge in [-0.15, -0.1) is 0 Å². The minimum Gasteiger partial charge on any atom is -0.353 e. The Morgan fingerprint density at radius 2 is 1.79 bits per heavy atom. The van der Waals surface area contributed by atoms with Crippen molar-refractivity contribution in [2.45, 2.75) is 6.54 Å². The fraction of sp³-hybridized carbons (Fsp3) is 0.200. The van der Waals surface area contributed by atoms with Gasteiger partial charge in [0, 0.05) is 43.0 Å². The molecular weight excluding hydrogens is 454 g/mol. The quantitative estimate of drug-likeness (QED) is 0.490. The van der Waals surface area contributed by atoms with Crippen LogP contribution < -0.4 is 16.1 Å². The lowest BCUT2D eigenvalue weighted by molar-refractivity contribution is 0.0746. The van der Waals surface area contributed by atoms with Crippen molar-refractivity contribution in [3.05, 3.63) is 104 Å². The third kappa shape index (κ3) is 4.32. The molecule has 1 amide bonds. The Labute approximate surface area is 200 Å². The Bertz CT molecular complexity index is 1470. The molecule has 2 aromatic heterocycles. The van der Waals surface area contributed by atoms with Crippen molar-refractivity contribution in [3.63, 3.8) is 0 Å². The van der Waals surface area contributed by atoms with E-state index < -0.39 is 11.2 Å². The summed E-state index contributed by atoms with van der Waals surface area (Å²) in [5, 5.41) is 0.754. The number of aromatic amines is 1. The highest BCUT2D eigenvalue weighted by molar-refractivity contribution is 6.31. The summed E-state index contributed by atoms with van der Waals surface area (Å²) >= 11 is 6.03. The number of nitrogens with one attached hydrogen (secondary N) is 1. The van der Waals surface area contributed by atoms with Gasteiger partial charge in [-0.3, -0.25) is 19.1 Å². The van der Waals surface area contributed by atoms with Crippen molar-refractivity contribution < 1.29 is 4.79 Å². The molecule has 0 spiro atoms. The number of pyridine rings is 1. The van der Waals surface area contributed by atoms with Crippen molar-refractivity contribution in [2.75, 3.05) is 31.1 Å². The van der Waals surface area contributed by atoms with E-state index in [1.54, 1.807) is 30.5 Å². The van der Waals surface area contributed by atoms with Crippen molar-refractivity contribution in [3.8, 4) is 0 Å². The maximum absolute atomic E-state index is 13.2. The van der Waals surface area contributed by atoms with E-state index in [1.807, 2.05) is 35.2 Å². The summed E-state index contributed by atoms with van der Waals surface area (Å²) < 4.78 is 1.47. The number of carbonyl (C=O) groups excluding carboxylic acids is 1. The molecule has 0 aliphatic carbocycles. The van der Waals surface area contributed by atoms with Crippen LogP contribution in [0.25, 0.3) is 10.9 Å². The lowest BCUT2D eigenvalue weighted by atomic mass is 10.1. The molecule has 34 heavy (non-hydrogen) atoms. The number of amides is 1. The van der Waals surface area contributed by atoms with Crippen LogP contribution in [0.15, 0.2) is 76.4 Å². The van der Waals surface area contributed by atoms with E-state index in [1.165, 1.54) is 10.6 Å². The minimum atomic E-state index is -0.512. The summed E-state index contributed by atoms with van der Waals surface area (Å²) in [6.45, 7) is 2.84. The van der Waals surface area contributed by atoms with Gasteiger partial charge in [-0.2, -0.15) is 0 Å². The number of aromatic nitrogens is 3. The molecule has 0 atom stereocenters. The lowest BCUT2D eigenvalue weighted by Crippen LogP contribution is -2.49. The van der Waals surface area contributed by atoms with Gasteiger partial charge in [-0.05, 0) is 48.0 Å². The van der Waals surface area contributed by atoms with Crippen LogP contribution in [-0.2, 0) is 6.54 Å². The molecule has 9 heteroatoms. The molecule has 1 aliphatic heterocycles. The molecule has 0 radical (unpaired) electrons. The summed E-state index contributed by atoms with van der Waals surface area (Å²) in [5.41, 5.74) is 0.840. The van der Waals surface area contributed by atoms with E-state index in [-0.39, 0.29) is 12.5 Å². The minimum absolute atomic E-state index is 0.0482. The molecule has 1 saturated heterocycles. The molecular formula is C25H22ClN5O3. The predicted octanol–water partition coefficient (Wildman–Crippen LogP) is 2.75. The largest absolute Gasteiger partial charge is 0.353 e. The number of benzene rings is 2. The highest BCUT2D eigenvalue weighted by Gasteiger charge is 2.23. The van der Waals surface area contributed by atoms with Crippen LogP contribution in [0, 0.1) is 0 Å². The molecule has 0 saturated carbocycles. The van der Waals surface area contributed by atoms with Crippen molar-refractivity contribution in [1.29, 1.82) is 0 Å². The zero-order chi connectivity index (χ0) is 23.7. The first-order valence-corrected chi connectivity index (χ1v) is 11.3.